The second kappa shape index (κ2) is 6.41. The van der Waals surface area contributed by atoms with Gasteiger partial charge < -0.3 is 9.47 Å². The number of fused-ring (bicyclic) bond motifs is 1. The Balaban J connectivity index is 2.09. The molecule has 1 fully saturated rings. The Bertz CT molecular complexity index is 701. The van der Waals surface area contributed by atoms with Crippen molar-refractivity contribution in [3.05, 3.63) is 58.7 Å². The van der Waals surface area contributed by atoms with Crippen LogP contribution in [0.5, 0.6) is 0 Å². The lowest BCUT2D eigenvalue weighted by molar-refractivity contribution is -0.123. The summed E-state index contributed by atoms with van der Waals surface area (Å²) in [6.45, 7) is 14.8. The van der Waals surface area contributed by atoms with E-state index in [-0.39, 0.29) is 10.8 Å². The van der Waals surface area contributed by atoms with E-state index in [0.717, 1.165) is 5.56 Å². The van der Waals surface area contributed by atoms with Crippen LogP contribution < -0.4 is 0 Å². The average molecular weight is 341 g/mol. The van der Waals surface area contributed by atoms with Crippen LogP contribution in [0.1, 0.15) is 71.1 Å². The number of rotatable bonds is 3. The number of ether oxygens (including phenoxy) is 2. The van der Waals surface area contributed by atoms with Crippen molar-refractivity contribution in [1.82, 2.24) is 0 Å². The van der Waals surface area contributed by atoms with Crippen molar-refractivity contribution in [2.75, 3.05) is 13.2 Å². The van der Waals surface area contributed by atoms with E-state index in [1.807, 2.05) is 6.92 Å². The summed E-state index contributed by atoms with van der Waals surface area (Å²) >= 11 is 0. The van der Waals surface area contributed by atoms with E-state index in [0.29, 0.717) is 13.2 Å². The van der Waals surface area contributed by atoms with Crippen LogP contribution in [-0.4, -0.2) is 13.2 Å². The molecule has 0 amide bonds. The molecule has 0 radical (unpaired) electrons. The summed E-state index contributed by atoms with van der Waals surface area (Å²) in [7, 11) is 0. The molecule has 2 heteroatoms. The Labute approximate surface area is 152 Å². The van der Waals surface area contributed by atoms with Crippen LogP contribution in [0.2, 0.25) is 0 Å². The van der Waals surface area contributed by atoms with Crippen LogP contribution in [-0.2, 0) is 26.1 Å². The molecule has 2 aliphatic rings. The van der Waals surface area contributed by atoms with E-state index < -0.39 is 5.79 Å². The minimum Gasteiger partial charge on any atom is -0.340 e. The molecule has 136 valence electrons. The van der Waals surface area contributed by atoms with Crippen molar-refractivity contribution in [3.63, 3.8) is 0 Å². The molecule has 1 aromatic rings. The molecule has 1 saturated heterocycles. The van der Waals surface area contributed by atoms with Crippen molar-refractivity contribution < 1.29 is 9.47 Å². The predicted octanol–water partition coefficient (Wildman–Crippen LogP) is 5.76. The van der Waals surface area contributed by atoms with Gasteiger partial charge in [0.25, 0.3) is 0 Å². The topological polar surface area (TPSA) is 18.5 Å². The van der Waals surface area contributed by atoms with Gasteiger partial charge in [-0.15, -0.1) is 0 Å². The highest BCUT2D eigenvalue weighted by Gasteiger charge is 2.41. The van der Waals surface area contributed by atoms with Crippen LogP contribution in [0.15, 0.2) is 42.0 Å². The van der Waals surface area contributed by atoms with E-state index >= 15 is 0 Å². The summed E-state index contributed by atoms with van der Waals surface area (Å²) in [6, 6.07) is 6.83. The molecule has 3 rings (SSSR count). The highest BCUT2D eigenvalue weighted by molar-refractivity contribution is 5.45. The third kappa shape index (κ3) is 3.35. The van der Waals surface area contributed by atoms with E-state index in [9.17, 15) is 0 Å². The first-order chi connectivity index (χ1) is 11.7. The van der Waals surface area contributed by atoms with Crippen LogP contribution in [0.3, 0.4) is 0 Å². The van der Waals surface area contributed by atoms with Crippen molar-refractivity contribution in [3.8, 4) is 0 Å². The molecule has 25 heavy (non-hydrogen) atoms. The third-order valence-electron chi connectivity index (χ3n) is 5.99. The van der Waals surface area contributed by atoms with E-state index in [2.05, 4.69) is 71.0 Å². The monoisotopic (exact) mass is 340 g/mol. The molecule has 0 spiro atoms. The minimum absolute atomic E-state index is 0.184. The Kier molecular flexibility index (Phi) is 4.72. The van der Waals surface area contributed by atoms with Crippen molar-refractivity contribution in [2.24, 2.45) is 0 Å². The summed E-state index contributed by atoms with van der Waals surface area (Å²) in [5, 5.41) is 0. The number of hydrogen-bond acceptors (Lipinski definition) is 2. The molecule has 1 aliphatic heterocycles. The highest BCUT2D eigenvalue weighted by Crippen LogP contribution is 2.47. The zero-order chi connectivity index (χ0) is 18.3. The van der Waals surface area contributed by atoms with Crippen molar-refractivity contribution in [2.45, 2.75) is 71.0 Å². The predicted molar refractivity (Wildman–Crippen MR) is 104 cm³/mol. The number of hydrogen-bond donors (Lipinski definition) is 0. The molecule has 1 aromatic carbocycles. The van der Waals surface area contributed by atoms with E-state index in [1.54, 1.807) is 0 Å². The molecule has 0 N–H and O–H groups in total. The Hall–Kier alpha value is -1.38. The first-order valence-electron chi connectivity index (χ1n) is 9.46. The smallest absolute Gasteiger partial charge is 0.215 e. The SMILES string of the molecule is C/C=C(C)/C=C/C1(c2ccc3c(c2)C(C)(C)CCC3(C)C)OCCO1. The highest BCUT2D eigenvalue weighted by atomic mass is 16.7. The molecule has 1 heterocycles. The lowest BCUT2D eigenvalue weighted by Gasteiger charge is -2.42. The van der Waals surface area contributed by atoms with Crippen LogP contribution >= 0.6 is 0 Å². The zero-order valence-corrected chi connectivity index (χ0v) is 16.6. The van der Waals surface area contributed by atoms with Gasteiger partial charge >= 0.3 is 0 Å². The molecule has 0 atom stereocenters. The van der Waals surface area contributed by atoms with Crippen LogP contribution in [0, 0.1) is 0 Å². The summed E-state index contributed by atoms with van der Waals surface area (Å²) in [6.07, 6.45) is 8.69. The molecular formula is C23H32O2. The summed E-state index contributed by atoms with van der Waals surface area (Å²) in [4.78, 5) is 0. The summed E-state index contributed by atoms with van der Waals surface area (Å²) in [5.41, 5.74) is 5.63. The molecule has 0 unspecified atom stereocenters. The fraction of sp³-hybridized carbons (Fsp3) is 0.565. The molecular weight excluding hydrogens is 308 g/mol. The second-order valence-corrected chi connectivity index (χ2v) is 8.76. The number of allylic oxidation sites excluding steroid dienone is 3. The first kappa shape index (κ1) is 18.4. The van der Waals surface area contributed by atoms with Gasteiger partial charge in [0.2, 0.25) is 5.79 Å². The van der Waals surface area contributed by atoms with Gasteiger partial charge in [-0.3, -0.25) is 0 Å². The van der Waals surface area contributed by atoms with Crippen molar-refractivity contribution in [1.29, 1.82) is 0 Å². The van der Waals surface area contributed by atoms with Gasteiger partial charge in [0, 0.05) is 5.56 Å². The maximum atomic E-state index is 6.10. The maximum Gasteiger partial charge on any atom is 0.215 e. The normalized spacial score (nSPS) is 24.5. The fourth-order valence-electron chi connectivity index (χ4n) is 3.93. The average Bonchev–Trinajstić information content (AvgIpc) is 3.07. The third-order valence-corrected chi connectivity index (χ3v) is 5.99. The van der Waals surface area contributed by atoms with Gasteiger partial charge in [0.05, 0.1) is 13.2 Å². The van der Waals surface area contributed by atoms with E-state index in [1.165, 1.54) is 29.5 Å². The lowest BCUT2D eigenvalue weighted by Crippen LogP contribution is -2.35. The quantitative estimate of drug-likeness (QED) is 0.652. The maximum absolute atomic E-state index is 6.10. The molecule has 0 bridgehead atoms. The first-order valence-corrected chi connectivity index (χ1v) is 9.46. The zero-order valence-electron chi connectivity index (χ0n) is 16.6. The lowest BCUT2D eigenvalue weighted by atomic mass is 9.63. The minimum atomic E-state index is -0.753. The van der Waals surface area contributed by atoms with Crippen molar-refractivity contribution >= 4 is 0 Å². The Morgan fingerprint density at radius 3 is 2.16 bits per heavy atom. The largest absolute Gasteiger partial charge is 0.340 e. The second-order valence-electron chi connectivity index (χ2n) is 8.76. The van der Waals surface area contributed by atoms with Gasteiger partial charge in [0.1, 0.15) is 0 Å². The molecule has 0 aromatic heterocycles. The fourth-order valence-corrected chi connectivity index (χ4v) is 3.93. The van der Waals surface area contributed by atoms with Crippen LogP contribution in [0.25, 0.3) is 0 Å². The Morgan fingerprint density at radius 2 is 1.56 bits per heavy atom. The van der Waals surface area contributed by atoms with E-state index in [4.69, 9.17) is 9.47 Å². The molecule has 0 saturated carbocycles. The van der Waals surface area contributed by atoms with Gasteiger partial charge in [-0.25, -0.2) is 0 Å². The summed E-state index contributed by atoms with van der Waals surface area (Å²) < 4.78 is 12.2. The Morgan fingerprint density at radius 1 is 0.960 bits per heavy atom. The molecule has 2 nitrogen and oxygen atoms in total. The van der Waals surface area contributed by atoms with Gasteiger partial charge in [-0.05, 0) is 60.8 Å². The van der Waals surface area contributed by atoms with Gasteiger partial charge in [-0.2, -0.15) is 0 Å². The van der Waals surface area contributed by atoms with Crippen LogP contribution in [0.4, 0.5) is 0 Å². The number of benzene rings is 1. The van der Waals surface area contributed by atoms with Gasteiger partial charge in [-0.1, -0.05) is 57.6 Å². The summed E-state index contributed by atoms with van der Waals surface area (Å²) in [5.74, 6) is -0.753. The molecule has 1 aliphatic carbocycles. The van der Waals surface area contributed by atoms with Gasteiger partial charge in [0.15, 0.2) is 0 Å². The standard InChI is InChI=1S/C23H32O2/c1-7-17(2)10-11-23(24-14-15-25-23)18-8-9-19-20(16-18)22(5,6)13-12-21(19,3)4/h7-11,16H,12-15H2,1-6H3/b11-10+,17-7+.